The monoisotopic (exact) mass is 490 g/mol. The van der Waals surface area contributed by atoms with Gasteiger partial charge in [-0.3, -0.25) is 9.59 Å². The lowest BCUT2D eigenvalue weighted by atomic mass is 10.1. The van der Waals surface area contributed by atoms with Gasteiger partial charge in [0.25, 0.3) is 0 Å². The molecule has 0 radical (unpaired) electrons. The first-order valence-corrected chi connectivity index (χ1v) is 11.0. The number of nitriles is 1. The van der Waals surface area contributed by atoms with Gasteiger partial charge in [0.2, 0.25) is 11.8 Å². The standard InChI is InChI=1S/C26H23ClN4O4/c1-34-24-13-18(9-10-23(24)35-17-20-6-3-2-5-19(20)15-28)16-29-31-26(33)12-11-25(32)30-22-8-4-7-21(27)14-22/h2-10,13-14,16H,11-12,17H2,1H3,(H,30,32)(H,31,33). The van der Waals surface area contributed by atoms with Crippen molar-refractivity contribution in [3.63, 3.8) is 0 Å². The number of hydrazone groups is 1. The minimum absolute atomic E-state index is 0.00263. The molecule has 0 aliphatic carbocycles. The lowest BCUT2D eigenvalue weighted by Gasteiger charge is -2.12. The minimum Gasteiger partial charge on any atom is -0.493 e. The number of carbonyl (C=O) groups is 2. The second-order valence-corrected chi connectivity index (χ2v) is 7.76. The van der Waals surface area contributed by atoms with E-state index in [9.17, 15) is 14.9 Å². The summed E-state index contributed by atoms with van der Waals surface area (Å²) in [5.41, 5.74) is 4.95. The highest BCUT2D eigenvalue weighted by molar-refractivity contribution is 6.30. The predicted octanol–water partition coefficient (Wildman–Crippen LogP) is 4.67. The number of nitrogens with one attached hydrogen (secondary N) is 2. The molecular formula is C26H23ClN4O4. The number of rotatable bonds is 10. The molecule has 2 N–H and O–H groups in total. The molecule has 2 amide bonds. The lowest BCUT2D eigenvalue weighted by Crippen LogP contribution is -2.20. The number of anilines is 1. The van der Waals surface area contributed by atoms with Gasteiger partial charge < -0.3 is 14.8 Å². The summed E-state index contributed by atoms with van der Waals surface area (Å²) in [6, 6.07) is 21.3. The number of ether oxygens (including phenoxy) is 2. The Morgan fingerprint density at radius 1 is 1.03 bits per heavy atom. The second kappa shape index (κ2) is 12.8. The Kier molecular flexibility index (Phi) is 9.22. The van der Waals surface area contributed by atoms with E-state index in [0.717, 1.165) is 5.56 Å². The SMILES string of the molecule is COc1cc(C=NNC(=O)CCC(=O)Nc2cccc(Cl)c2)ccc1OCc1ccccc1C#N. The van der Waals surface area contributed by atoms with Crippen molar-refractivity contribution in [3.8, 4) is 17.6 Å². The van der Waals surface area contributed by atoms with Crippen LogP contribution in [0.4, 0.5) is 5.69 Å². The van der Waals surface area contributed by atoms with Crippen molar-refractivity contribution in [2.75, 3.05) is 12.4 Å². The van der Waals surface area contributed by atoms with Crippen LogP contribution in [0.2, 0.25) is 5.02 Å². The molecule has 0 heterocycles. The highest BCUT2D eigenvalue weighted by atomic mass is 35.5. The molecule has 0 saturated heterocycles. The van der Waals surface area contributed by atoms with E-state index in [4.69, 9.17) is 21.1 Å². The number of carbonyl (C=O) groups excluding carboxylic acids is 2. The average molecular weight is 491 g/mol. The maximum Gasteiger partial charge on any atom is 0.240 e. The van der Waals surface area contributed by atoms with Gasteiger partial charge in [-0.1, -0.05) is 35.9 Å². The van der Waals surface area contributed by atoms with Gasteiger partial charge in [0.15, 0.2) is 11.5 Å². The topological polar surface area (TPSA) is 113 Å². The van der Waals surface area contributed by atoms with Crippen LogP contribution >= 0.6 is 11.6 Å². The molecule has 35 heavy (non-hydrogen) atoms. The maximum absolute atomic E-state index is 12.0. The molecule has 0 bridgehead atoms. The summed E-state index contributed by atoms with van der Waals surface area (Å²) >= 11 is 5.89. The summed E-state index contributed by atoms with van der Waals surface area (Å²) in [7, 11) is 1.52. The van der Waals surface area contributed by atoms with Crippen LogP contribution in [0.25, 0.3) is 0 Å². The molecule has 3 aromatic carbocycles. The molecule has 0 unspecified atom stereocenters. The molecule has 0 aliphatic heterocycles. The third kappa shape index (κ3) is 7.88. The van der Waals surface area contributed by atoms with Crippen molar-refractivity contribution in [2.24, 2.45) is 5.10 Å². The molecular weight excluding hydrogens is 468 g/mol. The summed E-state index contributed by atoms with van der Waals surface area (Å²) in [6.07, 6.45) is 1.44. The van der Waals surface area contributed by atoms with Crippen LogP contribution in [-0.2, 0) is 16.2 Å². The van der Waals surface area contributed by atoms with Gasteiger partial charge in [-0.15, -0.1) is 0 Å². The van der Waals surface area contributed by atoms with Crippen LogP contribution in [0.1, 0.15) is 29.5 Å². The number of hydrogen-bond acceptors (Lipinski definition) is 6. The van der Waals surface area contributed by atoms with E-state index in [0.29, 0.717) is 33.3 Å². The zero-order valence-corrected chi connectivity index (χ0v) is 19.7. The van der Waals surface area contributed by atoms with Gasteiger partial charge in [-0.2, -0.15) is 10.4 Å². The minimum atomic E-state index is -0.398. The number of nitrogens with zero attached hydrogens (tertiary/aromatic N) is 2. The number of benzene rings is 3. The third-order valence-electron chi connectivity index (χ3n) is 4.80. The van der Waals surface area contributed by atoms with E-state index in [2.05, 4.69) is 21.9 Å². The van der Waals surface area contributed by atoms with Crippen LogP contribution in [0.5, 0.6) is 11.5 Å². The fraction of sp³-hybridized carbons (Fsp3) is 0.154. The summed E-state index contributed by atoms with van der Waals surface area (Å²) in [5.74, 6) is 0.286. The van der Waals surface area contributed by atoms with Gasteiger partial charge in [-0.25, -0.2) is 5.43 Å². The number of methoxy groups -OCH3 is 1. The largest absolute Gasteiger partial charge is 0.493 e. The molecule has 0 spiro atoms. The summed E-state index contributed by atoms with van der Waals surface area (Å²) in [6.45, 7) is 0.217. The van der Waals surface area contributed by atoms with E-state index in [1.54, 1.807) is 54.6 Å². The van der Waals surface area contributed by atoms with E-state index in [1.165, 1.54) is 13.3 Å². The van der Waals surface area contributed by atoms with Crippen molar-refractivity contribution in [3.05, 3.63) is 88.4 Å². The molecule has 8 nitrogen and oxygen atoms in total. The Morgan fingerprint density at radius 3 is 2.60 bits per heavy atom. The van der Waals surface area contributed by atoms with Gasteiger partial charge in [0.05, 0.1) is 25.0 Å². The van der Waals surface area contributed by atoms with Crippen LogP contribution in [0.3, 0.4) is 0 Å². The smallest absolute Gasteiger partial charge is 0.240 e. The quantitative estimate of drug-likeness (QED) is 0.317. The number of hydrogen-bond donors (Lipinski definition) is 2. The van der Waals surface area contributed by atoms with Gasteiger partial charge >= 0.3 is 0 Å². The van der Waals surface area contributed by atoms with E-state index in [1.807, 2.05) is 12.1 Å². The summed E-state index contributed by atoms with van der Waals surface area (Å²) in [4.78, 5) is 24.0. The fourth-order valence-electron chi connectivity index (χ4n) is 3.05. The Hall–Kier alpha value is -4.35. The van der Waals surface area contributed by atoms with Crippen LogP contribution in [0.15, 0.2) is 71.8 Å². The van der Waals surface area contributed by atoms with Crippen molar-refractivity contribution >= 4 is 35.3 Å². The van der Waals surface area contributed by atoms with Crippen LogP contribution in [-0.4, -0.2) is 25.1 Å². The number of amides is 2. The van der Waals surface area contributed by atoms with Crippen molar-refractivity contribution in [1.29, 1.82) is 5.26 Å². The molecule has 0 fully saturated rings. The Bertz CT molecular complexity index is 1270. The van der Waals surface area contributed by atoms with E-state index < -0.39 is 5.91 Å². The lowest BCUT2D eigenvalue weighted by molar-refractivity contribution is -0.124. The molecule has 3 aromatic rings. The zero-order chi connectivity index (χ0) is 25.0. The van der Waals surface area contributed by atoms with Gasteiger partial charge in [0, 0.05) is 29.1 Å². The molecule has 0 saturated carbocycles. The molecule has 0 aliphatic rings. The zero-order valence-electron chi connectivity index (χ0n) is 19.0. The fourth-order valence-corrected chi connectivity index (χ4v) is 3.24. The first kappa shape index (κ1) is 25.3. The first-order valence-electron chi connectivity index (χ1n) is 10.6. The normalized spacial score (nSPS) is 10.4. The second-order valence-electron chi connectivity index (χ2n) is 7.32. The summed E-state index contributed by atoms with van der Waals surface area (Å²) < 4.78 is 11.2. The number of halogens is 1. The molecule has 3 rings (SSSR count). The maximum atomic E-state index is 12.0. The van der Waals surface area contributed by atoms with Gasteiger partial charge in [0.1, 0.15) is 6.61 Å². The van der Waals surface area contributed by atoms with Crippen molar-refractivity contribution in [2.45, 2.75) is 19.4 Å². The Balaban J connectivity index is 1.49. The van der Waals surface area contributed by atoms with Crippen molar-refractivity contribution in [1.82, 2.24) is 5.43 Å². The molecule has 0 atom stereocenters. The van der Waals surface area contributed by atoms with Crippen molar-refractivity contribution < 1.29 is 19.1 Å². The predicted molar refractivity (Wildman–Crippen MR) is 134 cm³/mol. The highest BCUT2D eigenvalue weighted by Gasteiger charge is 2.09. The average Bonchev–Trinajstić information content (AvgIpc) is 2.86. The van der Waals surface area contributed by atoms with Crippen LogP contribution < -0.4 is 20.2 Å². The molecule has 9 heteroatoms. The first-order chi connectivity index (χ1) is 17.0. The van der Waals surface area contributed by atoms with Gasteiger partial charge in [-0.05, 0) is 48.0 Å². The van der Waals surface area contributed by atoms with E-state index >= 15 is 0 Å². The molecule has 178 valence electrons. The molecule has 0 aromatic heterocycles. The Labute approximate surface area is 208 Å². The highest BCUT2D eigenvalue weighted by Crippen LogP contribution is 2.28. The summed E-state index contributed by atoms with van der Waals surface area (Å²) in [5, 5.41) is 16.3. The van der Waals surface area contributed by atoms with Crippen LogP contribution in [0, 0.1) is 11.3 Å². The Morgan fingerprint density at radius 2 is 1.83 bits per heavy atom. The third-order valence-corrected chi connectivity index (χ3v) is 5.03. The van der Waals surface area contributed by atoms with E-state index in [-0.39, 0.29) is 25.4 Å².